The first-order valence-electron chi connectivity index (χ1n) is 7.47. The van der Waals surface area contributed by atoms with E-state index in [4.69, 9.17) is 11.6 Å². The van der Waals surface area contributed by atoms with Crippen molar-refractivity contribution in [1.82, 2.24) is 14.7 Å². The summed E-state index contributed by atoms with van der Waals surface area (Å²) in [6.07, 6.45) is 4.15. The molecular formula is C16H20ClN3O2. The van der Waals surface area contributed by atoms with E-state index < -0.39 is 6.10 Å². The van der Waals surface area contributed by atoms with Crippen molar-refractivity contribution in [1.29, 1.82) is 0 Å². The van der Waals surface area contributed by atoms with Gasteiger partial charge in [0.2, 0.25) is 0 Å². The summed E-state index contributed by atoms with van der Waals surface area (Å²) in [5.41, 5.74) is 1.93. The second-order valence-corrected chi connectivity index (χ2v) is 6.19. The number of aliphatic hydroxyl groups excluding tert-OH is 2. The number of hydrogen-bond acceptors (Lipinski definition) is 4. The van der Waals surface area contributed by atoms with Gasteiger partial charge in [-0.2, -0.15) is 5.10 Å². The van der Waals surface area contributed by atoms with Crippen molar-refractivity contribution in [2.75, 3.05) is 19.7 Å². The lowest BCUT2D eigenvalue weighted by Crippen LogP contribution is -2.44. The van der Waals surface area contributed by atoms with Crippen LogP contribution < -0.4 is 0 Å². The minimum Gasteiger partial charge on any atom is -0.396 e. The zero-order chi connectivity index (χ0) is 15.5. The maximum absolute atomic E-state index is 10.00. The number of benzene rings is 1. The topological polar surface area (TPSA) is 61.5 Å². The molecule has 0 bridgehead atoms. The summed E-state index contributed by atoms with van der Waals surface area (Å²) >= 11 is 6.18. The largest absolute Gasteiger partial charge is 0.396 e. The highest BCUT2D eigenvalue weighted by atomic mass is 35.5. The molecule has 5 nitrogen and oxygen atoms in total. The van der Waals surface area contributed by atoms with Crippen LogP contribution in [0.25, 0.3) is 5.69 Å². The van der Waals surface area contributed by atoms with Crippen LogP contribution in [0.2, 0.25) is 5.02 Å². The Bertz CT molecular complexity index is 631. The van der Waals surface area contributed by atoms with Gasteiger partial charge in [-0.3, -0.25) is 4.90 Å². The Labute approximate surface area is 134 Å². The molecule has 1 fully saturated rings. The predicted molar refractivity (Wildman–Crippen MR) is 85.1 cm³/mol. The molecule has 3 rings (SSSR count). The van der Waals surface area contributed by atoms with Crippen LogP contribution in [-0.2, 0) is 6.54 Å². The van der Waals surface area contributed by atoms with Crippen LogP contribution in [0.15, 0.2) is 36.7 Å². The molecule has 1 saturated heterocycles. The number of piperidine rings is 1. The molecular weight excluding hydrogens is 302 g/mol. The fourth-order valence-corrected chi connectivity index (χ4v) is 3.09. The monoisotopic (exact) mass is 321 g/mol. The smallest absolute Gasteiger partial charge is 0.0831 e. The molecule has 1 aliphatic rings. The van der Waals surface area contributed by atoms with Gasteiger partial charge in [0, 0.05) is 37.4 Å². The Hall–Kier alpha value is -1.40. The van der Waals surface area contributed by atoms with Crippen molar-refractivity contribution in [3.63, 3.8) is 0 Å². The highest BCUT2D eigenvalue weighted by Gasteiger charge is 2.27. The number of hydrogen-bond donors (Lipinski definition) is 2. The Kier molecular flexibility index (Phi) is 4.78. The number of aromatic nitrogens is 2. The van der Waals surface area contributed by atoms with E-state index in [2.05, 4.69) is 10.00 Å². The van der Waals surface area contributed by atoms with Gasteiger partial charge in [0.05, 0.1) is 23.0 Å². The number of halogens is 1. The van der Waals surface area contributed by atoms with E-state index in [0.717, 1.165) is 30.8 Å². The molecule has 0 saturated carbocycles. The fraction of sp³-hybridized carbons (Fsp3) is 0.438. The summed E-state index contributed by atoms with van der Waals surface area (Å²) in [7, 11) is 0. The second-order valence-electron chi connectivity index (χ2n) is 5.78. The van der Waals surface area contributed by atoms with Crippen molar-refractivity contribution < 1.29 is 10.2 Å². The lowest BCUT2D eigenvalue weighted by atomic mass is 9.94. The quantitative estimate of drug-likeness (QED) is 0.900. The summed E-state index contributed by atoms with van der Waals surface area (Å²) in [5, 5.41) is 24.2. The molecule has 0 amide bonds. The number of nitrogens with zero attached hydrogens (tertiary/aromatic N) is 3. The molecule has 0 unspecified atom stereocenters. The molecule has 2 aromatic rings. The van der Waals surface area contributed by atoms with Crippen LogP contribution in [-0.4, -0.2) is 50.7 Å². The number of para-hydroxylation sites is 1. The normalized spacial score (nSPS) is 22.9. The predicted octanol–water partition coefficient (Wildman–Crippen LogP) is 1.70. The summed E-state index contributed by atoms with van der Waals surface area (Å²) in [6, 6.07) is 7.59. The number of aliphatic hydroxyl groups is 2. The highest BCUT2D eigenvalue weighted by Crippen LogP contribution is 2.21. The number of rotatable bonds is 4. The molecule has 22 heavy (non-hydrogen) atoms. The Balaban J connectivity index is 1.67. The molecule has 6 heteroatoms. The average molecular weight is 322 g/mol. The number of likely N-dealkylation sites (tertiary alicyclic amines) is 1. The minimum absolute atomic E-state index is 0.00194. The third-order valence-corrected chi connectivity index (χ3v) is 4.50. The van der Waals surface area contributed by atoms with E-state index in [0.29, 0.717) is 11.6 Å². The molecule has 0 spiro atoms. The molecule has 1 aromatic carbocycles. The van der Waals surface area contributed by atoms with Crippen molar-refractivity contribution in [3.8, 4) is 5.69 Å². The lowest BCUT2D eigenvalue weighted by Gasteiger charge is -2.34. The molecule has 118 valence electrons. The van der Waals surface area contributed by atoms with E-state index in [1.54, 1.807) is 4.68 Å². The first-order valence-corrected chi connectivity index (χ1v) is 7.85. The molecule has 2 heterocycles. The van der Waals surface area contributed by atoms with Crippen molar-refractivity contribution in [2.45, 2.75) is 19.1 Å². The maximum atomic E-state index is 10.00. The van der Waals surface area contributed by atoms with E-state index in [1.165, 1.54) is 0 Å². The Morgan fingerprint density at radius 3 is 2.86 bits per heavy atom. The summed E-state index contributed by atoms with van der Waals surface area (Å²) in [5.74, 6) is 0.00194. The Morgan fingerprint density at radius 2 is 2.14 bits per heavy atom. The maximum Gasteiger partial charge on any atom is 0.0831 e. The fourth-order valence-electron chi connectivity index (χ4n) is 2.87. The molecule has 2 N–H and O–H groups in total. The third kappa shape index (κ3) is 3.33. The Morgan fingerprint density at radius 1 is 1.32 bits per heavy atom. The third-order valence-electron chi connectivity index (χ3n) is 4.18. The van der Waals surface area contributed by atoms with Crippen LogP contribution in [0.3, 0.4) is 0 Å². The molecule has 1 aromatic heterocycles. The summed E-state index contributed by atoms with van der Waals surface area (Å²) in [4.78, 5) is 2.19. The van der Waals surface area contributed by atoms with E-state index in [9.17, 15) is 10.2 Å². The van der Waals surface area contributed by atoms with Gasteiger partial charge in [-0.1, -0.05) is 23.7 Å². The van der Waals surface area contributed by atoms with Crippen LogP contribution >= 0.6 is 11.6 Å². The van der Waals surface area contributed by atoms with E-state index in [1.807, 2.05) is 36.7 Å². The van der Waals surface area contributed by atoms with Crippen LogP contribution in [0.4, 0.5) is 0 Å². The zero-order valence-electron chi connectivity index (χ0n) is 12.3. The van der Waals surface area contributed by atoms with Gasteiger partial charge in [-0.05, 0) is 25.1 Å². The van der Waals surface area contributed by atoms with Crippen LogP contribution in [0.5, 0.6) is 0 Å². The van der Waals surface area contributed by atoms with Gasteiger partial charge in [0.25, 0.3) is 0 Å². The molecule has 2 atom stereocenters. The zero-order valence-corrected chi connectivity index (χ0v) is 13.0. The van der Waals surface area contributed by atoms with Gasteiger partial charge >= 0.3 is 0 Å². The van der Waals surface area contributed by atoms with Crippen molar-refractivity contribution in [2.24, 2.45) is 5.92 Å². The van der Waals surface area contributed by atoms with Gasteiger partial charge in [0.15, 0.2) is 0 Å². The van der Waals surface area contributed by atoms with Crippen molar-refractivity contribution in [3.05, 3.63) is 47.2 Å². The van der Waals surface area contributed by atoms with Gasteiger partial charge in [-0.15, -0.1) is 0 Å². The van der Waals surface area contributed by atoms with E-state index in [-0.39, 0.29) is 12.5 Å². The average Bonchev–Trinajstić information content (AvgIpc) is 2.96. The molecule has 0 aliphatic carbocycles. The SMILES string of the molecule is OC[C@H]1CCN(Cc2cnn(-c3ccccc3Cl)c2)C[C@H]1O. The van der Waals surface area contributed by atoms with Gasteiger partial charge in [-0.25, -0.2) is 4.68 Å². The van der Waals surface area contributed by atoms with Crippen LogP contribution in [0.1, 0.15) is 12.0 Å². The standard InChI is InChI=1S/C16H20ClN3O2/c17-14-3-1-2-4-15(14)20-9-12(7-18-20)8-19-6-5-13(11-21)16(22)10-19/h1-4,7,9,13,16,21-22H,5-6,8,10-11H2/t13-,16-/m1/s1. The number of β-amino-alcohol motifs (C(OH)–C–C–N with tert-alkyl or cyclic N) is 1. The van der Waals surface area contributed by atoms with Gasteiger partial charge < -0.3 is 10.2 Å². The van der Waals surface area contributed by atoms with E-state index >= 15 is 0 Å². The molecule has 1 aliphatic heterocycles. The van der Waals surface area contributed by atoms with Gasteiger partial charge in [0.1, 0.15) is 0 Å². The van der Waals surface area contributed by atoms with Crippen LogP contribution in [0, 0.1) is 5.92 Å². The highest BCUT2D eigenvalue weighted by molar-refractivity contribution is 6.32. The summed E-state index contributed by atoms with van der Waals surface area (Å²) in [6.45, 7) is 2.25. The van der Waals surface area contributed by atoms with Crippen molar-refractivity contribution >= 4 is 11.6 Å². The molecule has 0 radical (unpaired) electrons. The first kappa shape index (κ1) is 15.5. The lowest BCUT2D eigenvalue weighted by molar-refractivity contribution is -0.00444. The second kappa shape index (κ2) is 6.79. The minimum atomic E-state index is -0.461. The summed E-state index contributed by atoms with van der Waals surface area (Å²) < 4.78 is 1.77. The first-order chi connectivity index (χ1) is 10.7.